The molecule has 1 aromatic rings. The monoisotopic (exact) mass is 234 g/mol. The van der Waals surface area contributed by atoms with Crippen LogP contribution in [0, 0.1) is 5.92 Å². The first-order valence-corrected chi connectivity index (χ1v) is 6.04. The fourth-order valence-electron chi connectivity index (χ4n) is 2.24. The Morgan fingerprint density at radius 3 is 3.06 bits per heavy atom. The van der Waals surface area contributed by atoms with Crippen LogP contribution in [0.15, 0.2) is 30.4 Å². The first-order chi connectivity index (χ1) is 7.74. The number of rotatable bonds is 2. The minimum absolute atomic E-state index is 0.114. The predicted molar refractivity (Wildman–Crippen MR) is 67.0 cm³/mol. The van der Waals surface area contributed by atoms with E-state index in [0.717, 1.165) is 30.4 Å². The molecule has 2 rings (SSSR count). The van der Waals surface area contributed by atoms with Gasteiger partial charge in [0.15, 0.2) is 5.78 Å². The SMILES string of the molecule is CC=CCC1CCc2cccc(Cl)c2C1=O. The molecule has 0 aliphatic heterocycles. The van der Waals surface area contributed by atoms with E-state index in [1.165, 1.54) is 0 Å². The Bertz CT molecular complexity index is 434. The lowest BCUT2D eigenvalue weighted by atomic mass is 9.81. The lowest BCUT2D eigenvalue weighted by molar-refractivity contribution is 0.0903. The third-order valence-electron chi connectivity index (χ3n) is 3.14. The third-order valence-corrected chi connectivity index (χ3v) is 3.45. The first kappa shape index (κ1) is 11.4. The predicted octanol–water partition coefficient (Wildman–Crippen LogP) is 4.05. The van der Waals surface area contributed by atoms with E-state index < -0.39 is 0 Å². The molecule has 16 heavy (non-hydrogen) atoms. The number of carbonyl (C=O) groups excluding carboxylic acids is 1. The van der Waals surface area contributed by atoms with Crippen molar-refractivity contribution < 1.29 is 4.79 Å². The maximum Gasteiger partial charge on any atom is 0.168 e. The van der Waals surface area contributed by atoms with E-state index in [0.29, 0.717) is 5.02 Å². The summed E-state index contributed by atoms with van der Waals surface area (Å²) in [6, 6.07) is 5.72. The largest absolute Gasteiger partial charge is 0.294 e. The number of halogens is 1. The van der Waals surface area contributed by atoms with Crippen LogP contribution in [0.4, 0.5) is 0 Å². The van der Waals surface area contributed by atoms with Gasteiger partial charge in [-0.25, -0.2) is 0 Å². The van der Waals surface area contributed by atoms with Gasteiger partial charge in [-0.05, 0) is 37.8 Å². The van der Waals surface area contributed by atoms with Gasteiger partial charge in [0.05, 0.1) is 5.02 Å². The molecule has 1 aliphatic rings. The van der Waals surface area contributed by atoms with Crippen molar-refractivity contribution in [2.24, 2.45) is 5.92 Å². The first-order valence-electron chi connectivity index (χ1n) is 5.66. The molecule has 1 nitrogen and oxygen atoms in total. The van der Waals surface area contributed by atoms with Gasteiger partial charge in [-0.1, -0.05) is 35.9 Å². The molecule has 1 atom stereocenters. The maximum absolute atomic E-state index is 12.2. The van der Waals surface area contributed by atoms with Crippen LogP contribution in [0.2, 0.25) is 5.02 Å². The van der Waals surface area contributed by atoms with Crippen LogP contribution in [-0.4, -0.2) is 5.78 Å². The van der Waals surface area contributed by atoms with Crippen LogP contribution in [0.5, 0.6) is 0 Å². The second-order valence-electron chi connectivity index (χ2n) is 4.18. The normalized spacial score (nSPS) is 20.1. The van der Waals surface area contributed by atoms with Crippen LogP contribution < -0.4 is 0 Å². The molecular formula is C14H15ClO. The molecule has 0 aromatic heterocycles. The summed E-state index contributed by atoms with van der Waals surface area (Å²) in [5, 5.41) is 0.604. The van der Waals surface area contributed by atoms with E-state index in [2.05, 4.69) is 6.08 Å². The summed E-state index contributed by atoms with van der Waals surface area (Å²) >= 11 is 6.10. The van der Waals surface area contributed by atoms with Gasteiger partial charge in [-0.3, -0.25) is 4.79 Å². The smallest absolute Gasteiger partial charge is 0.168 e. The molecule has 0 bridgehead atoms. The molecule has 1 unspecified atom stereocenters. The average molecular weight is 235 g/mol. The summed E-state index contributed by atoms with van der Waals surface area (Å²) < 4.78 is 0. The van der Waals surface area contributed by atoms with Crippen LogP contribution in [0.3, 0.4) is 0 Å². The summed E-state index contributed by atoms with van der Waals surface area (Å²) in [7, 11) is 0. The lowest BCUT2D eigenvalue weighted by Gasteiger charge is -2.23. The average Bonchev–Trinajstić information content (AvgIpc) is 2.28. The van der Waals surface area contributed by atoms with Crippen molar-refractivity contribution in [3.8, 4) is 0 Å². The number of hydrogen-bond donors (Lipinski definition) is 0. The molecule has 0 saturated carbocycles. The highest BCUT2D eigenvalue weighted by molar-refractivity contribution is 6.34. The number of carbonyl (C=O) groups is 1. The van der Waals surface area contributed by atoms with Gasteiger partial charge >= 0.3 is 0 Å². The number of Topliss-reactive ketones (excluding diaryl/α,β-unsaturated/α-hetero) is 1. The maximum atomic E-state index is 12.2. The summed E-state index contributed by atoms with van der Waals surface area (Å²) in [5.74, 6) is 0.327. The molecule has 1 aromatic carbocycles. The topological polar surface area (TPSA) is 17.1 Å². The lowest BCUT2D eigenvalue weighted by Crippen LogP contribution is -2.22. The van der Waals surface area contributed by atoms with E-state index in [4.69, 9.17) is 11.6 Å². The van der Waals surface area contributed by atoms with Gasteiger partial charge in [0.25, 0.3) is 0 Å². The van der Waals surface area contributed by atoms with Gasteiger partial charge < -0.3 is 0 Å². The van der Waals surface area contributed by atoms with Crippen molar-refractivity contribution >= 4 is 17.4 Å². The van der Waals surface area contributed by atoms with Crippen molar-refractivity contribution in [3.05, 3.63) is 46.5 Å². The molecule has 2 heteroatoms. The highest BCUT2D eigenvalue weighted by atomic mass is 35.5. The molecule has 0 amide bonds. The van der Waals surface area contributed by atoms with Crippen molar-refractivity contribution in [2.45, 2.75) is 26.2 Å². The minimum atomic E-state index is 0.114. The van der Waals surface area contributed by atoms with E-state index in [-0.39, 0.29) is 11.7 Å². The molecule has 1 aliphatic carbocycles. The third kappa shape index (κ3) is 2.05. The second kappa shape index (κ2) is 4.84. The van der Waals surface area contributed by atoms with Crippen LogP contribution in [0.1, 0.15) is 35.7 Å². The Labute approximate surface area is 101 Å². The van der Waals surface area contributed by atoms with Gasteiger partial charge in [0, 0.05) is 11.5 Å². The number of benzene rings is 1. The summed E-state index contributed by atoms with van der Waals surface area (Å²) in [5.41, 5.74) is 1.86. The Hall–Kier alpha value is -1.08. The van der Waals surface area contributed by atoms with Crippen molar-refractivity contribution in [3.63, 3.8) is 0 Å². The quantitative estimate of drug-likeness (QED) is 0.706. The van der Waals surface area contributed by atoms with Gasteiger partial charge in [-0.15, -0.1) is 0 Å². The van der Waals surface area contributed by atoms with Gasteiger partial charge in [0.2, 0.25) is 0 Å². The second-order valence-corrected chi connectivity index (χ2v) is 4.59. The fraction of sp³-hybridized carbons (Fsp3) is 0.357. The van der Waals surface area contributed by atoms with Crippen LogP contribution in [0.25, 0.3) is 0 Å². The van der Waals surface area contributed by atoms with Crippen molar-refractivity contribution in [1.82, 2.24) is 0 Å². The fourth-order valence-corrected chi connectivity index (χ4v) is 2.53. The number of aryl methyl sites for hydroxylation is 1. The van der Waals surface area contributed by atoms with Crippen molar-refractivity contribution in [1.29, 1.82) is 0 Å². The van der Waals surface area contributed by atoms with Crippen molar-refractivity contribution in [2.75, 3.05) is 0 Å². The highest BCUT2D eigenvalue weighted by Gasteiger charge is 2.27. The zero-order valence-electron chi connectivity index (χ0n) is 9.37. The number of fused-ring (bicyclic) bond motifs is 1. The Kier molecular flexibility index (Phi) is 3.45. The molecule has 0 N–H and O–H groups in total. The number of ketones is 1. The minimum Gasteiger partial charge on any atom is -0.294 e. The van der Waals surface area contributed by atoms with Crippen LogP contribution >= 0.6 is 11.6 Å². The van der Waals surface area contributed by atoms with Gasteiger partial charge in [0.1, 0.15) is 0 Å². The number of hydrogen-bond acceptors (Lipinski definition) is 1. The molecule has 0 fully saturated rings. The molecule has 0 spiro atoms. The highest BCUT2D eigenvalue weighted by Crippen LogP contribution is 2.32. The zero-order chi connectivity index (χ0) is 11.5. The van der Waals surface area contributed by atoms with Gasteiger partial charge in [-0.2, -0.15) is 0 Å². The molecule has 0 radical (unpaired) electrons. The summed E-state index contributed by atoms with van der Waals surface area (Å²) in [4.78, 5) is 12.2. The number of allylic oxidation sites excluding steroid dienone is 2. The van der Waals surface area contributed by atoms with E-state index in [1.54, 1.807) is 6.07 Å². The molecular weight excluding hydrogens is 220 g/mol. The Morgan fingerprint density at radius 1 is 1.50 bits per heavy atom. The van der Waals surface area contributed by atoms with E-state index >= 15 is 0 Å². The Morgan fingerprint density at radius 2 is 2.31 bits per heavy atom. The van der Waals surface area contributed by atoms with E-state index in [1.807, 2.05) is 25.1 Å². The van der Waals surface area contributed by atoms with Crippen LogP contribution in [-0.2, 0) is 6.42 Å². The molecule has 84 valence electrons. The summed E-state index contributed by atoms with van der Waals surface area (Å²) in [6.07, 6.45) is 6.79. The Balaban J connectivity index is 2.31. The zero-order valence-corrected chi connectivity index (χ0v) is 10.1. The standard InChI is InChI=1S/C14H15ClO/c1-2-3-5-11-9-8-10-6-4-7-12(15)13(10)14(11)16/h2-4,6-7,11H,5,8-9H2,1H3. The molecule has 0 saturated heterocycles. The summed E-state index contributed by atoms with van der Waals surface area (Å²) in [6.45, 7) is 1.98. The molecule has 0 heterocycles. The van der Waals surface area contributed by atoms with E-state index in [9.17, 15) is 4.79 Å².